The van der Waals surface area contributed by atoms with Crippen LogP contribution in [0.2, 0.25) is 0 Å². The molecule has 0 N–H and O–H groups in total. The minimum atomic E-state index is 1.18. The van der Waals surface area contributed by atoms with Gasteiger partial charge in [-0.15, -0.1) is 0 Å². The second-order valence-corrected chi connectivity index (χ2v) is 3.06. The van der Waals surface area contributed by atoms with Gasteiger partial charge in [0.15, 0.2) is 0 Å². The molecule has 0 spiro atoms. The summed E-state index contributed by atoms with van der Waals surface area (Å²) in [4.78, 5) is 23.2. The molecule has 5 nitrogen and oxygen atoms in total. The molecule has 1 rings (SSSR count). The second kappa shape index (κ2) is 20.2. The molecule has 0 fully saturated rings. The van der Waals surface area contributed by atoms with Gasteiger partial charge in [0.2, 0.25) is 0 Å². The van der Waals surface area contributed by atoms with Crippen molar-refractivity contribution in [3.05, 3.63) is 50.3 Å². The first-order valence-electron chi connectivity index (χ1n) is 4.91. The van der Waals surface area contributed by atoms with Crippen molar-refractivity contribution >= 4 is 4.59 Å². The molecular weight excluding hydrogens is 259 g/mol. The van der Waals surface area contributed by atoms with E-state index in [-0.39, 0.29) is 0 Å². The van der Waals surface area contributed by atoms with Crippen molar-refractivity contribution in [1.29, 1.82) is 0 Å². The van der Waals surface area contributed by atoms with Crippen LogP contribution in [0.1, 0.15) is 31.4 Å². The zero-order valence-corrected chi connectivity index (χ0v) is 11.3. The van der Waals surface area contributed by atoms with Crippen LogP contribution in [0.15, 0.2) is 18.2 Å². The molecule has 0 amide bonds. The van der Waals surface area contributed by atoms with Gasteiger partial charge in [-0.1, -0.05) is 33.1 Å². The van der Waals surface area contributed by atoms with Gasteiger partial charge in [0.05, 0.1) is 0 Å². The van der Waals surface area contributed by atoms with E-state index >= 15 is 0 Å². The molecule has 0 bridgehead atoms. The van der Waals surface area contributed by atoms with E-state index in [9.17, 15) is 0 Å². The third-order valence-corrected chi connectivity index (χ3v) is 1.91. The molecule has 0 saturated heterocycles. The average Bonchev–Trinajstić information content (AvgIpc) is 2.83. The topological polar surface area (TPSA) is 95.8 Å². The van der Waals surface area contributed by atoms with E-state index in [1.54, 1.807) is 22.5 Å². The molecule has 0 saturated carbocycles. The SMILES string of the molecule is CCC[c-]1cccc1CC.O=[C]=[V].[N-]=O.[N-]=O. The summed E-state index contributed by atoms with van der Waals surface area (Å²) < 4.78 is 1.44. The number of aryl methyl sites for hydroxylation is 2. The number of nitroso groups, excluding NO2 is 2. The molecule has 17 heavy (non-hydrogen) atoms. The van der Waals surface area contributed by atoms with Crippen LogP contribution in [0.3, 0.4) is 0 Å². The van der Waals surface area contributed by atoms with Crippen LogP contribution in [-0.2, 0) is 34.6 Å². The Kier molecular flexibility index (Phi) is 25.0. The van der Waals surface area contributed by atoms with Crippen LogP contribution in [-0.4, -0.2) is 4.59 Å². The minimum absolute atomic E-state index is 1.18. The predicted octanol–water partition coefficient (Wildman–Crippen LogP) is 3.17. The average molecular weight is 274 g/mol. The summed E-state index contributed by atoms with van der Waals surface area (Å²) in [6.45, 7) is 4.45. The summed E-state index contributed by atoms with van der Waals surface area (Å²) in [7, 11) is 0. The Morgan fingerprint density at radius 3 is 2.12 bits per heavy atom. The summed E-state index contributed by atoms with van der Waals surface area (Å²) in [6, 6.07) is 6.62. The number of carbonyl (C=O) groups excluding carboxylic acids is 1. The first kappa shape index (κ1) is 21.0. The Bertz CT molecular complexity index is 295. The molecule has 0 aliphatic heterocycles. The summed E-state index contributed by atoms with van der Waals surface area (Å²) in [6.07, 6.45) is 3.69. The van der Waals surface area contributed by atoms with E-state index in [0.717, 1.165) is 0 Å². The van der Waals surface area contributed by atoms with Gasteiger partial charge < -0.3 is 21.0 Å². The van der Waals surface area contributed by atoms with E-state index in [0.29, 0.717) is 0 Å². The fraction of sp³-hybridized carbons (Fsp3) is 0.455. The molecule has 0 radical (unpaired) electrons. The van der Waals surface area contributed by atoms with Crippen molar-refractivity contribution in [3.8, 4) is 0 Å². The van der Waals surface area contributed by atoms with E-state index in [1.807, 2.05) is 0 Å². The molecule has 0 atom stereocenters. The van der Waals surface area contributed by atoms with Crippen LogP contribution in [0, 0.1) is 9.81 Å². The normalized spacial score (nSPS) is 6.88. The van der Waals surface area contributed by atoms with Gasteiger partial charge in [-0.3, -0.25) is 0 Å². The number of hydrogen-bond donors (Lipinski definition) is 0. The molecule has 0 aliphatic carbocycles. The maximum atomic E-state index is 8.65. The van der Waals surface area contributed by atoms with Gasteiger partial charge in [-0.25, -0.2) is 12.1 Å². The molecule has 0 aromatic heterocycles. The monoisotopic (exact) mass is 274 g/mol. The molecular formula is C11H15N2O3V-3. The smallest absolute Gasteiger partial charge is 0.423 e. The first-order chi connectivity index (χ1) is 8.29. The van der Waals surface area contributed by atoms with Gasteiger partial charge in [-0.05, 0) is 0 Å². The fourth-order valence-corrected chi connectivity index (χ4v) is 1.35. The van der Waals surface area contributed by atoms with Crippen LogP contribution in [0.5, 0.6) is 0 Å². The number of hydrogen-bond acceptors (Lipinski definition) is 3. The third-order valence-electron chi connectivity index (χ3n) is 1.91. The predicted molar refractivity (Wildman–Crippen MR) is 64.6 cm³/mol. The van der Waals surface area contributed by atoms with Crippen molar-refractivity contribution in [1.82, 2.24) is 0 Å². The summed E-state index contributed by atoms with van der Waals surface area (Å²) in [5.41, 5.74) is 14.6. The summed E-state index contributed by atoms with van der Waals surface area (Å²) in [5, 5.41) is 0. The Labute approximate surface area is 110 Å². The largest absolute Gasteiger partial charge is 0.577 e. The molecule has 0 unspecified atom stereocenters. The van der Waals surface area contributed by atoms with Gasteiger partial charge >= 0.3 is 26.4 Å². The Hall–Kier alpha value is -1.29. The standard InChI is InChI=1S/C10H15.CO.2NO.V/c1-3-6-10-8-5-7-9(10)4-2;3*1-2;/h5,7-8H,3-4,6H2,1-2H3;;;;/q-1;;2*-1;. The Balaban J connectivity index is -0.000000239. The van der Waals surface area contributed by atoms with Crippen molar-refractivity contribution in [2.24, 2.45) is 0 Å². The zero-order chi connectivity index (χ0) is 14.1. The molecule has 0 heterocycles. The molecule has 95 valence electrons. The van der Waals surface area contributed by atoms with Crippen LogP contribution in [0.4, 0.5) is 0 Å². The summed E-state index contributed by atoms with van der Waals surface area (Å²) in [5.74, 6) is 0. The minimum Gasteiger partial charge on any atom is -0.577 e. The Morgan fingerprint density at radius 1 is 1.29 bits per heavy atom. The van der Waals surface area contributed by atoms with Crippen molar-refractivity contribution in [2.75, 3.05) is 0 Å². The van der Waals surface area contributed by atoms with E-state index in [4.69, 9.17) is 25.8 Å². The molecule has 1 aromatic carbocycles. The molecule has 1 aromatic rings. The van der Waals surface area contributed by atoms with E-state index in [1.165, 1.54) is 29.4 Å². The van der Waals surface area contributed by atoms with E-state index < -0.39 is 0 Å². The van der Waals surface area contributed by atoms with Gasteiger partial charge in [0.25, 0.3) is 0 Å². The van der Waals surface area contributed by atoms with Gasteiger partial charge in [0.1, 0.15) is 0 Å². The maximum Gasteiger partial charge on any atom is -0.423 e. The number of rotatable bonds is 3. The van der Waals surface area contributed by atoms with Gasteiger partial charge in [0, 0.05) is 0 Å². The van der Waals surface area contributed by atoms with Gasteiger partial charge in [-0.2, -0.15) is 17.2 Å². The molecule has 0 aliphatic rings. The van der Waals surface area contributed by atoms with Crippen molar-refractivity contribution in [3.63, 3.8) is 0 Å². The van der Waals surface area contributed by atoms with Crippen LogP contribution < -0.4 is 0 Å². The van der Waals surface area contributed by atoms with E-state index in [2.05, 4.69) is 32.0 Å². The summed E-state index contributed by atoms with van der Waals surface area (Å²) >= 11 is 1.66. The third kappa shape index (κ3) is 12.6. The quantitative estimate of drug-likeness (QED) is 0.792. The maximum absolute atomic E-state index is 8.65. The fourth-order valence-electron chi connectivity index (χ4n) is 1.35. The number of nitrogens with zero attached hydrogens (tertiary/aromatic N) is 2. The van der Waals surface area contributed by atoms with Crippen molar-refractivity contribution in [2.45, 2.75) is 33.1 Å². The second-order valence-electron chi connectivity index (χ2n) is 2.77. The Morgan fingerprint density at radius 2 is 1.76 bits per heavy atom. The van der Waals surface area contributed by atoms with Crippen LogP contribution >= 0.6 is 0 Å². The zero-order valence-electron chi connectivity index (χ0n) is 9.92. The van der Waals surface area contributed by atoms with Crippen molar-refractivity contribution < 1.29 is 21.8 Å². The van der Waals surface area contributed by atoms with Crippen LogP contribution in [0.25, 0.3) is 11.2 Å². The first-order valence-corrected chi connectivity index (χ1v) is 5.61. The molecule has 6 heteroatoms.